The molecule has 2 aromatic rings. The highest BCUT2D eigenvalue weighted by Crippen LogP contribution is 2.17. The molecule has 1 saturated heterocycles. The lowest BCUT2D eigenvalue weighted by Gasteiger charge is -2.28. The van der Waals surface area contributed by atoms with Gasteiger partial charge in [-0.3, -0.25) is 9.78 Å². The van der Waals surface area contributed by atoms with Gasteiger partial charge in [0.1, 0.15) is 0 Å². The highest BCUT2D eigenvalue weighted by atomic mass is 16.5. The number of carbonyl (C=O) groups is 1. The van der Waals surface area contributed by atoms with Crippen molar-refractivity contribution in [2.24, 2.45) is 0 Å². The van der Waals surface area contributed by atoms with Crippen LogP contribution in [0.25, 0.3) is 0 Å². The van der Waals surface area contributed by atoms with Crippen LogP contribution in [-0.2, 0) is 11.2 Å². The number of rotatable bonds is 5. The van der Waals surface area contributed by atoms with Crippen LogP contribution in [-0.4, -0.2) is 41.6 Å². The van der Waals surface area contributed by atoms with E-state index in [9.17, 15) is 4.79 Å². The van der Waals surface area contributed by atoms with Gasteiger partial charge in [0.25, 0.3) is 5.91 Å². The zero-order valence-corrected chi connectivity index (χ0v) is 12.5. The Labute approximate surface area is 130 Å². The lowest BCUT2D eigenvalue weighted by Crippen LogP contribution is -2.42. The third kappa shape index (κ3) is 3.52. The van der Waals surface area contributed by atoms with E-state index >= 15 is 0 Å². The molecule has 4 nitrogen and oxygen atoms in total. The Morgan fingerprint density at radius 3 is 2.64 bits per heavy atom. The summed E-state index contributed by atoms with van der Waals surface area (Å²) >= 11 is 0. The molecule has 114 valence electrons. The summed E-state index contributed by atoms with van der Waals surface area (Å²) in [6.45, 7) is 2.07. The Balaban J connectivity index is 1.73. The minimum Gasteiger partial charge on any atom is -0.379 e. The molecular weight excluding hydrogens is 276 g/mol. The van der Waals surface area contributed by atoms with Crippen molar-refractivity contribution in [3.8, 4) is 0 Å². The Morgan fingerprint density at radius 1 is 1.18 bits per heavy atom. The van der Waals surface area contributed by atoms with E-state index in [4.69, 9.17) is 4.74 Å². The maximum absolute atomic E-state index is 12.8. The van der Waals surface area contributed by atoms with Crippen LogP contribution < -0.4 is 0 Å². The molecule has 0 saturated carbocycles. The molecule has 1 amide bonds. The molecule has 0 radical (unpaired) electrons. The largest absolute Gasteiger partial charge is 0.379 e. The van der Waals surface area contributed by atoms with Crippen molar-refractivity contribution >= 4 is 5.91 Å². The number of carbonyl (C=O) groups excluding carboxylic acids is 1. The highest BCUT2D eigenvalue weighted by molar-refractivity contribution is 5.94. The molecule has 1 aliphatic heterocycles. The van der Waals surface area contributed by atoms with Crippen molar-refractivity contribution in [3.63, 3.8) is 0 Å². The molecule has 1 atom stereocenters. The predicted octanol–water partition coefficient (Wildman–Crippen LogP) is 2.56. The molecule has 1 fully saturated rings. The first-order valence-electron chi connectivity index (χ1n) is 7.67. The van der Waals surface area contributed by atoms with Gasteiger partial charge < -0.3 is 9.64 Å². The zero-order valence-electron chi connectivity index (χ0n) is 12.5. The molecule has 3 rings (SSSR count). The van der Waals surface area contributed by atoms with Gasteiger partial charge in [0.05, 0.1) is 12.6 Å². The van der Waals surface area contributed by atoms with Gasteiger partial charge in [-0.25, -0.2) is 0 Å². The second kappa shape index (κ2) is 7.18. The van der Waals surface area contributed by atoms with Gasteiger partial charge in [0.2, 0.25) is 0 Å². The Morgan fingerprint density at radius 2 is 1.95 bits per heavy atom. The summed E-state index contributed by atoms with van der Waals surface area (Å²) in [4.78, 5) is 18.7. The lowest BCUT2D eigenvalue weighted by molar-refractivity contribution is 0.0656. The number of nitrogens with zero attached hydrogens (tertiary/aromatic N) is 2. The van der Waals surface area contributed by atoms with Crippen LogP contribution >= 0.6 is 0 Å². The molecule has 0 spiro atoms. The van der Waals surface area contributed by atoms with Crippen LogP contribution in [0.3, 0.4) is 0 Å². The van der Waals surface area contributed by atoms with Crippen LogP contribution in [0, 0.1) is 0 Å². The van der Waals surface area contributed by atoms with Gasteiger partial charge in [-0.05, 0) is 30.5 Å². The Hall–Kier alpha value is -2.20. The first-order chi connectivity index (χ1) is 10.8. The summed E-state index contributed by atoms with van der Waals surface area (Å²) in [7, 11) is 0. The van der Waals surface area contributed by atoms with Crippen LogP contribution in [0.5, 0.6) is 0 Å². The fourth-order valence-electron chi connectivity index (χ4n) is 2.77. The number of hydrogen-bond donors (Lipinski definition) is 0. The summed E-state index contributed by atoms with van der Waals surface area (Å²) in [5.41, 5.74) is 1.93. The molecule has 22 heavy (non-hydrogen) atoms. The first kappa shape index (κ1) is 14.7. The molecule has 1 aromatic heterocycles. The maximum atomic E-state index is 12.8. The number of benzene rings is 1. The third-order valence-electron chi connectivity index (χ3n) is 4.02. The Bertz CT molecular complexity index is 595. The number of pyridine rings is 1. The normalized spacial score (nSPS) is 17.4. The van der Waals surface area contributed by atoms with E-state index in [-0.39, 0.29) is 11.9 Å². The quantitative estimate of drug-likeness (QED) is 0.851. The molecule has 4 heteroatoms. The monoisotopic (exact) mass is 296 g/mol. The smallest absolute Gasteiger partial charge is 0.254 e. The molecule has 0 unspecified atom stereocenters. The van der Waals surface area contributed by atoms with E-state index in [1.54, 1.807) is 24.5 Å². The number of amides is 1. The standard InChI is InChI=1S/C18H20N2O2/c21-18(16-6-10-19-11-7-16)20(17-9-13-22-14-17)12-8-15-4-2-1-3-5-15/h1-7,10-11,17H,8-9,12-14H2/t17-/m1/s1. The summed E-state index contributed by atoms with van der Waals surface area (Å²) in [6.07, 6.45) is 5.08. The zero-order chi connectivity index (χ0) is 15.2. The van der Waals surface area contributed by atoms with Crippen molar-refractivity contribution in [3.05, 3.63) is 66.0 Å². The molecule has 0 bridgehead atoms. The molecule has 1 aromatic carbocycles. The Kier molecular flexibility index (Phi) is 4.81. The van der Waals surface area contributed by atoms with E-state index in [1.165, 1.54) is 5.56 Å². The van der Waals surface area contributed by atoms with Crippen molar-refractivity contribution < 1.29 is 9.53 Å². The average Bonchev–Trinajstić information content (AvgIpc) is 3.11. The van der Waals surface area contributed by atoms with Gasteiger partial charge >= 0.3 is 0 Å². The summed E-state index contributed by atoms with van der Waals surface area (Å²) in [6, 6.07) is 14.0. The summed E-state index contributed by atoms with van der Waals surface area (Å²) in [5.74, 6) is 0.0637. The predicted molar refractivity (Wildman–Crippen MR) is 84.6 cm³/mol. The first-order valence-corrected chi connectivity index (χ1v) is 7.67. The van der Waals surface area contributed by atoms with E-state index in [1.807, 2.05) is 23.1 Å². The fraction of sp³-hybridized carbons (Fsp3) is 0.333. The van der Waals surface area contributed by atoms with E-state index in [2.05, 4.69) is 17.1 Å². The van der Waals surface area contributed by atoms with Crippen LogP contribution in [0.1, 0.15) is 22.3 Å². The third-order valence-corrected chi connectivity index (χ3v) is 4.02. The van der Waals surface area contributed by atoms with E-state index in [0.29, 0.717) is 18.7 Å². The van der Waals surface area contributed by atoms with Crippen molar-refractivity contribution in [1.29, 1.82) is 0 Å². The second-order valence-electron chi connectivity index (χ2n) is 5.49. The van der Waals surface area contributed by atoms with Crippen LogP contribution in [0.2, 0.25) is 0 Å². The number of aromatic nitrogens is 1. The second-order valence-corrected chi connectivity index (χ2v) is 5.49. The molecular formula is C18H20N2O2. The van der Waals surface area contributed by atoms with Crippen molar-refractivity contribution in [2.45, 2.75) is 18.9 Å². The molecule has 1 aliphatic rings. The summed E-state index contributed by atoms with van der Waals surface area (Å²) in [5, 5.41) is 0. The minimum absolute atomic E-state index is 0.0637. The van der Waals surface area contributed by atoms with Crippen LogP contribution in [0.4, 0.5) is 0 Å². The molecule has 0 N–H and O–H groups in total. The lowest BCUT2D eigenvalue weighted by atomic mass is 10.1. The highest BCUT2D eigenvalue weighted by Gasteiger charge is 2.27. The topological polar surface area (TPSA) is 42.4 Å². The summed E-state index contributed by atoms with van der Waals surface area (Å²) < 4.78 is 5.47. The molecule has 2 heterocycles. The van der Waals surface area contributed by atoms with Gasteiger partial charge in [-0.1, -0.05) is 30.3 Å². The van der Waals surface area contributed by atoms with E-state index in [0.717, 1.165) is 19.4 Å². The minimum atomic E-state index is 0.0637. The van der Waals surface area contributed by atoms with Crippen molar-refractivity contribution in [1.82, 2.24) is 9.88 Å². The SMILES string of the molecule is O=C(c1ccncc1)N(CCc1ccccc1)[C@@H]1CCOC1. The molecule has 0 aliphatic carbocycles. The van der Waals surface area contributed by atoms with Gasteiger partial charge in [0, 0.05) is 31.1 Å². The fourth-order valence-corrected chi connectivity index (χ4v) is 2.77. The van der Waals surface area contributed by atoms with Crippen LogP contribution in [0.15, 0.2) is 54.9 Å². The number of hydrogen-bond acceptors (Lipinski definition) is 3. The van der Waals surface area contributed by atoms with Crippen molar-refractivity contribution in [2.75, 3.05) is 19.8 Å². The van der Waals surface area contributed by atoms with Gasteiger partial charge in [-0.15, -0.1) is 0 Å². The maximum Gasteiger partial charge on any atom is 0.254 e. The van der Waals surface area contributed by atoms with Gasteiger partial charge in [0.15, 0.2) is 0 Å². The van der Waals surface area contributed by atoms with Gasteiger partial charge in [-0.2, -0.15) is 0 Å². The average molecular weight is 296 g/mol. The number of ether oxygens (including phenoxy) is 1. The van der Waals surface area contributed by atoms with E-state index < -0.39 is 0 Å².